The van der Waals surface area contributed by atoms with Gasteiger partial charge in [0.25, 0.3) is 0 Å². The van der Waals surface area contributed by atoms with Crippen LogP contribution in [0.5, 0.6) is 11.5 Å². The molecule has 1 aliphatic rings. The molecular formula is C9H8O3. The molecule has 1 aromatic rings. The van der Waals surface area contributed by atoms with Gasteiger partial charge in [0.2, 0.25) is 6.79 Å². The third-order valence-corrected chi connectivity index (χ3v) is 1.77. The fourth-order valence-electron chi connectivity index (χ4n) is 1.27. The Morgan fingerprint density at radius 2 is 2.25 bits per heavy atom. The lowest BCUT2D eigenvalue weighted by Crippen LogP contribution is -1.94. The smallest absolute Gasteiger partial charge is 0.231 e. The van der Waals surface area contributed by atoms with Crippen molar-refractivity contribution < 1.29 is 14.3 Å². The largest absolute Gasteiger partial charge is 0.454 e. The Kier molecular flexibility index (Phi) is 1.50. The quantitative estimate of drug-likeness (QED) is 0.590. The topological polar surface area (TPSA) is 35.5 Å². The SMILES string of the molecule is Cc1cc(C=O)c2c(c1)OCO2. The highest BCUT2D eigenvalue weighted by Gasteiger charge is 2.17. The highest BCUT2D eigenvalue weighted by atomic mass is 16.7. The van der Waals surface area contributed by atoms with Gasteiger partial charge >= 0.3 is 0 Å². The number of carbonyl (C=O) groups excluding carboxylic acids is 1. The Bertz CT molecular complexity index is 331. The van der Waals surface area contributed by atoms with Gasteiger partial charge in [0.1, 0.15) is 0 Å². The van der Waals surface area contributed by atoms with E-state index in [-0.39, 0.29) is 6.79 Å². The van der Waals surface area contributed by atoms with Gasteiger partial charge < -0.3 is 9.47 Å². The van der Waals surface area contributed by atoms with Gasteiger partial charge in [0, 0.05) is 0 Å². The number of rotatable bonds is 1. The zero-order valence-corrected chi connectivity index (χ0v) is 6.66. The van der Waals surface area contributed by atoms with Crippen molar-refractivity contribution in [3.63, 3.8) is 0 Å². The normalized spacial score (nSPS) is 13.1. The lowest BCUT2D eigenvalue weighted by molar-refractivity contribution is 0.111. The summed E-state index contributed by atoms with van der Waals surface area (Å²) < 4.78 is 10.3. The van der Waals surface area contributed by atoms with E-state index in [0.717, 1.165) is 11.8 Å². The monoisotopic (exact) mass is 164 g/mol. The zero-order chi connectivity index (χ0) is 8.55. The van der Waals surface area contributed by atoms with E-state index in [1.165, 1.54) is 0 Å². The summed E-state index contributed by atoms with van der Waals surface area (Å²) >= 11 is 0. The first-order valence-electron chi connectivity index (χ1n) is 3.66. The molecule has 0 atom stereocenters. The molecule has 0 N–H and O–H groups in total. The molecule has 1 heterocycles. The van der Waals surface area contributed by atoms with E-state index in [9.17, 15) is 4.79 Å². The molecular weight excluding hydrogens is 156 g/mol. The van der Waals surface area contributed by atoms with Crippen molar-refractivity contribution in [2.45, 2.75) is 6.92 Å². The predicted octanol–water partition coefficient (Wildman–Crippen LogP) is 1.54. The summed E-state index contributed by atoms with van der Waals surface area (Å²) in [6.07, 6.45) is 0.778. The van der Waals surface area contributed by atoms with Gasteiger partial charge in [-0.25, -0.2) is 0 Å². The van der Waals surface area contributed by atoms with Crippen molar-refractivity contribution in [3.05, 3.63) is 23.3 Å². The van der Waals surface area contributed by atoms with Crippen LogP contribution in [-0.2, 0) is 0 Å². The number of carbonyl (C=O) groups is 1. The van der Waals surface area contributed by atoms with E-state index in [1.54, 1.807) is 6.07 Å². The lowest BCUT2D eigenvalue weighted by atomic mass is 10.1. The fraction of sp³-hybridized carbons (Fsp3) is 0.222. The van der Waals surface area contributed by atoms with Crippen molar-refractivity contribution in [1.82, 2.24) is 0 Å². The number of aldehydes is 1. The van der Waals surface area contributed by atoms with E-state index < -0.39 is 0 Å². The number of ether oxygens (including phenoxy) is 2. The van der Waals surface area contributed by atoms with E-state index in [4.69, 9.17) is 9.47 Å². The molecule has 12 heavy (non-hydrogen) atoms. The summed E-state index contributed by atoms with van der Waals surface area (Å²) in [5.74, 6) is 1.23. The van der Waals surface area contributed by atoms with Crippen molar-refractivity contribution in [2.75, 3.05) is 6.79 Å². The van der Waals surface area contributed by atoms with E-state index in [2.05, 4.69) is 0 Å². The molecule has 1 aliphatic heterocycles. The van der Waals surface area contributed by atoms with Crippen LogP contribution in [0.2, 0.25) is 0 Å². The summed E-state index contributed by atoms with van der Waals surface area (Å²) in [7, 11) is 0. The lowest BCUT2D eigenvalue weighted by Gasteiger charge is -2.00. The highest BCUT2D eigenvalue weighted by Crippen LogP contribution is 2.35. The molecule has 1 aromatic carbocycles. The number of aryl methyl sites for hydroxylation is 1. The Balaban J connectivity index is 2.62. The molecule has 0 radical (unpaired) electrons. The molecule has 0 unspecified atom stereocenters. The van der Waals surface area contributed by atoms with Gasteiger partial charge in [-0.15, -0.1) is 0 Å². The van der Waals surface area contributed by atoms with E-state index in [0.29, 0.717) is 17.1 Å². The Morgan fingerprint density at radius 1 is 1.42 bits per heavy atom. The first-order valence-corrected chi connectivity index (χ1v) is 3.66. The number of fused-ring (bicyclic) bond motifs is 1. The zero-order valence-electron chi connectivity index (χ0n) is 6.66. The summed E-state index contributed by atoms with van der Waals surface area (Å²) in [5, 5.41) is 0. The van der Waals surface area contributed by atoms with Crippen LogP contribution in [-0.4, -0.2) is 13.1 Å². The van der Waals surface area contributed by atoms with Crippen LogP contribution in [0.25, 0.3) is 0 Å². The Morgan fingerprint density at radius 3 is 3.00 bits per heavy atom. The minimum absolute atomic E-state index is 0.208. The van der Waals surface area contributed by atoms with Gasteiger partial charge in [0.05, 0.1) is 5.56 Å². The number of hydrogen-bond donors (Lipinski definition) is 0. The fourth-order valence-corrected chi connectivity index (χ4v) is 1.27. The molecule has 0 amide bonds. The highest BCUT2D eigenvalue weighted by molar-refractivity contribution is 5.82. The molecule has 3 nitrogen and oxygen atoms in total. The molecule has 2 rings (SSSR count). The van der Waals surface area contributed by atoms with Crippen molar-refractivity contribution in [3.8, 4) is 11.5 Å². The molecule has 0 bridgehead atoms. The third kappa shape index (κ3) is 0.942. The average Bonchev–Trinajstić information content (AvgIpc) is 2.50. The van der Waals surface area contributed by atoms with Crippen LogP contribution >= 0.6 is 0 Å². The van der Waals surface area contributed by atoms with Gasteiger partial charge in [-0.05, 0) is 24.6 Å². The number of benzene rings is 1. The summed E-state index contributed by atoms with van der Waals surface area (Å²) in [6, 6.07) is 3.63. The van der Waals surface area contributed by atoms with Crippen molar-refractivity contribution in [2.24, 2.45) is 0 Å². The van der Waals surface area contributed by atoms with E-state index in [1.807, 2.05) is 13.0 Å². The summed E-state index contributed by atoms with van der Waals surface area (Å²) in [4.78, 5) is 10.6. The summed E-state index contributed by atoms with van der Waals surface area (Å²) in [5.41, 5.74) is 1.56. The Labute approximate surface area is 69.9 Å². The summed E-state index contributed by atoms with van der Waals surface area (Å²) in [6.45, 7) is 2.12. The van der Waals surface area contributed by atoms with Crippen LogP contribution in [0, 0.1) is 6.92 Å². The molecule has 62 valence electrons. The van der Waals surface area contributed by atoms with Crippen molar-refractivity contribution >= 4 is 6.29 Å². The third-order valence-electron chi connectivity index (χ3n) is 1.77. The van der Waals surface area contributed by atoms with Crippen molar-refractivity contribution in [1.29, 1.82) is 0 Å². The minimum Gasteiger partial charge on any atom is -0.454 e. The second kappa shape index (κ2) is 2.52. The van der Waals surface area contributed by atoms with E-state index >= 15 is 0 Å². The van der Waals surface area contributed by atoms with Crippen LogP contribution in [0.4, 0.5) is 0 Å². The van der Waals surface area contributed by atoms with Gasteiger partial charge in [0.15, 0.2) is 17.8 Å². The maximum Gasteiger partial charge on any atom is 0.231 e. The Hall–Kier alpha value is -1.51. The molecule has 0 saturated carbocycles. The maximum absolute atomic E-state index is 10.6. The number of hydrogen-bond acceptors (Lipinski definition) is 3. The van der Waals surface area contributed by atoms with Crippen LogP contribution in [0.1, 0.15) is 15.9 Å². The first-order chi connectivity index (χ1) is 5.81. The molecule has 3 heteroatoms. The van der Waals surface area contributed by atoms with Crippen LogP contribution < -0.4 is 9.47 Å². The predicted molar refractivity (Wildman–Crippen MR) is 42.7 cm³/mol. The standard InChI is InChI=1S/C9H8O3/c1-6-2-7(4-10)9-8(3-6)11-5-12-9/h2-4H,5H2,1H3. The van der Waals surface area contributed by atoms with Crippen LogP contribution in [0.15, 0.2) is 12.1 Å². The minimum atomic E-state index is 0.208. The maximum atomic E-state index is 10.6. The molecule has 0 aromatic heterocycles. The second-order valence-corrected chi connectivity index (χ2v) is 2.71. The molecule has 0 saturated heterocycles. The van der Waals surface area contributed by atoms with Gasteiger partial charge in [-0.1, -0.05) is 0 Å². The molecule has 0 spiro atoms. The average molecular weight is 164 g/mol. The van der Waals surface area contributed by atoms with Gasteiger partial charge in [-0.3, -0.25) is 4.79 Å². The molecule has 0 aliphatic carbocycles. The van der Waals surface area contributed by atoms with Gasteiger partial charge in [-0.2, -0.15) is 0 Å². The van der Waals surface area contributed by atoms with Crippen LogP contribution in [0.3, 0.4) is 0 Å². The second-order valence-electron chi connectivity index (χ2n) is 2.71. The first kappa shape index (κ1) is 7.16. The molecule has 0 fully saturated rings.